The minimum atomic E-state index is -0.316. The molecule has 1 aliphatic heterocycles. The molecule has 7 nitrogen and oxygen atoms in total. The van der Waals surface area contributed by atoms with E-state index in [1.54, 1.807) is 4.90 Å². The van der Waals surface area contributed by atoms with Crippen LogP contribution < -0.4 is 0 Å². The highest BCUT2D eigenvalue weighted by Crippen LogP contribution is 2.36. The Hall–Kier alpha value is -3.48. The summed E-state index contributed by atoms with van der Waals surface area (Å²) in [6, 6.07) is 17.5. The summed E-state index contributed by atoms with van der Waals surface area (Å²) in [7, 11) is 1.52. The van der Waals surface area contributed by atoms with Crippen LogP contribution in [0.2, 0.25) is 0 Å². The maximum atomic E-state index is 13.4. The lowest BCUT2D eigenvalue weighted by Gasteiger charge is -2.21. The van der Waals surface area contributed by atoms with Crippen LogP contribution in [-0.2, 0) is 4.84 Å². The summed E-state index contributed by atoms with van der Waals surface area (Å²) in [6.07, 6.45) is 5.09. The summed E-state index contributed by atoms with van der Waals surface area (Å²) in [5.74, 6) is 1.49. The molecule has 3 aromatic rings. The third-order valence-corrected chi connectivity index (χ3v) is 6.34. The van der Waals surface area contributed by atoms with Crippen molar-refractivity contribution in [1.82, 2.24) is 15.0 Å². The summed E-state index contributed by atoms with van der Waals surface area (Å²) in [4.78, 5) is 24.9. The minimum Gasteiger partial charge on any atom is -0.399 e. The summed E-state index contributed by atoms with van der Waals surface area (Å²) in [5.41, 5.74) is 3.60. The topological polar surface area (TPSA) is 80.8 Å². The van der Waals surface area contributed by atoms with Crippen LogP contribution in [0.15, 0.2) is 64.3 Å². The zero-order chi connectivity index (χ0) is 21.9. The number of benzene rings is 2. The molecule has 1 unspecified atom stereocenters. The lowest BCUT2D eigenvalue weighted by molar-refractivity contribution is 0.0732. The first-order chi connectivity index (χ1) is 15.7. The summed E-state index contributed by atoms with van der Waals surface area (Å²) in [5, 5.41) is 8.34. The van der Waals surface area contributed by atoms with Gasteiger partial charge in [0.2, 0.25) is 5.89 Å². The third-order valence-electron chi connectivity index (χ3n) is 6.34. The molecule has 1 saturated heterocycles. The highest BCUT2D eigenvalue weighted by molar-refractivity contribution is 6.00. The Labute approximate surface area is 187 Å². The van der Waals surface area contributed by atoms with Crippen molar-refractivity contribution in [2.45, 2.75) is 44.1 Å². The van der Waals surface area contributed by atoms with Gasteiger partial charge in [-0.25, -0.2) is 0 Å². The van der Waals surface area contributed by atoms with E-state index >= 15 is 0 Å². The van der Waals surface area contributed by atoms with E-state index in [2.05, 4.69) is 27.4 Å². The lowest BCUT2D eigenvalue weighted by atomic mass is 10.0. The fourth-order valence-electron chi connectivity index (χ4n) is 4.67. The number of nitrogens with zero attached hydrogens (tertiary/aromatic N) is 4. The summed E-state index contributed by atoms with van der Waals surface area (Å²) >= 11 is 0. The molecule has 0 bridgehead atoms. The second-order valence-corrected chi connectivity index (χ2v) is 8.41. The Balaban J connectivity index is 1.39. The average Bonchev–Trinajstić information content (AvgIpc) is 3.60. The van der Waals surface area contributed by atoms with Crippen molar-refractivity contribution in [3.8, 4) is 11.1 Å². The van der Waals surface area contributed by atoms with Gasteiger partial charge in [-0.1, -0.05) is 65.6 Å². The normalized spacial score (nSPS) is 20.2. The number of amides is 1. The van der Waals surface area contributed by atoms with Crippen LogP contribution >= 0.6 is 0 Å². The number of carbonyl (C=O) groups is 1. The number of oxime groups is 1. The molecular formula is C25H26N4O3. The first kappa shape index (κ1) is 20.4. The van der Waals surface area contributed by atoms with E-state index in [1.807, 2.05) is 42.5 Å². The van der Waals surface area contributed by atoms with Gasteiger partial charge in [-0.15, -0.1) is 0 Å². The molecular weight excluding hydrogens is 404 g/mol. The predicted molar refractivity (Wildman–Crippen MR) is 120 cm³/mol. The van der Waals surface area contributed by atoms with Crippen LogP contribution in [0, 0.1) is 0 Å². The molecule has 0 spiro atoms. The fourth-order valence-corrected chi connectivity index (χ4v) is 4.67. The van der Waals surface area contributed by atoms with Crippen LogP contribution in [0.4, 0.5) is 0 Å². The van der Waals surface area contributed by atoms with Crippen molar-refractivity contribution in [2.24, 2.45) is 5.16 Å². The number of aromatic nitrogens is 2. The smallest absolute Gasteiger partial charge is 0.254 e. The molecule has 32 heavy (non-hydrogen) atoms. The number of carbonyl (C=O) groups excluding carboxylic acids is 1. The second kappa shape index (κ2) is 8.94. The van der Waals surface area contributed by atoms with Crippen LogP contribution in [0.3, 0.4) is 0 Å². The molecule has 0 N–H and O–H groups in total. The molecule has 5 rings (SSSR count). The van der Waals surface area contributed by atoms with Gasteiger partial charge in [-0.2, -0.15) is 4.98 Å². The zero-order valence-corrected chi connectivity index (χ0v) is 18.1. The molecule has 1 atom stereocenters. The first-order valence-electron chi connectivity index (χ1n) is 11.1. The molecule has 1 aliphatic carbocycles. The fraction of sp³-hybridized carbons (Fsp3) is 0.360. The van der Waals surface area contributed by atoms with E-state index in [4.69, 9.17) is 9.36 Å². The van der Waals surface area contributed by atoms with Gasteiger partial charge in [0.05, 0.1) is 12.3 Å². The average molecular weight is 431 g/mol. The Bertz CT molecular complexity index is 1100. The minimum absolute atomic E-state index is 0.0804. The van der Waals surface area contributed by atoms with Gasteiger partial charge < -0.3 is 14.3 Å². The van der Waals surface area contributed by atoms with Crippen molar-refractivity contribution in [3.63, 3.8) is 0 Å². The molecule has 0 radical (unpaired) electrons. The summed E-state index contributed by atoms with van der Waals surface area (Å²) in [6.45, 7) is 0.380. The zero-order valence-electron chi connectivity index (χ0n) is 18.1. The van der Waals surface area contributed by atoms with Gasteiger partial charge in [0.15, 0.2) is 5.82 Å². The van der Waals surface area contributed by atoms with E-state index in [9.17, 15) is 4.79 Å². The molecule has 2 heterocycles. The van der Waals surface area contributed by atoms with E-state index in [-0.39, 0.29) is 11.9 Å². The van der Waals surface area contributed by atoms with Crippen LogP contribution in [0.5, 0.6) is 0 Å². The quantitative estimate of drug-likeness (QED) is 0.533. The van der Waals surface area contributed by atoms with E-state index in [0.717, 1.165) is 29.7 Å². The van der Waals surface area contributed by atoms with Gasteiger partial charge in [0.1, 0.15) is 13.2 Å². The van der Waals surface area contributed by atoms with Crippen LogP contribution in [-0.4, -0.2) is 40.3 Å². The lowest BCUT2D eigenvalue weighted by Crippen LogP contribution is -2.31. The van der Waals surface area contributed by atoms with Crippen molar-refractivity contribution < 1.29 is 14.2 Å². The molecule has 7 heteroatoms. The van der Waals surface area contributed by atoms with Crippen molar-refractivity contribution >= 4 is 11.6 Å². The number of likely N-dealkylation sites (tertiary alicyclic amines) is 1. The van der Waals surface area contributed by atoms with E-state index in [1.165, 1.54) is 20.0 Å². The largest absolute Gasteiger partial charge is 0.399 e. The van der Waals surface area contributed by atoms with Gasteiger partial charge >= 0.3 is 0 Å². The maximum absolute atomic E-state index is 13.4. The Morgan fingerprint density at radius 2 is 1.78 bits per heavy atom. The molecule has 2 aromatic carbocycles. The molecule has 2 fully saturated rings. The van der Waals surface area contributed by atoms with Gasteiger partial charge in [-0.05, 0) is 36.1 Å². The SMILES string of the molecule is CON=C1CC(c2noc(C3CCCC3)n2)N(C(=O)c2ccc(-c3ccccc3)cc2)C1. The van der Waals surface area contributed by atoms with Gasteiger partial charge in [-0.3, -0.25) is 4.79 Å². The molecule has 1 saturated carbocycles. The van der Waals surface area contributed by atoms with Gasteiger partial charge in [0, 0.05) is 17.9 Å². The number of hydrogen-bond donors (Lipinski definition) is 0. The second-order valence-electron chi connectivity index (χ2n) is 8.41. The Morgan fingerprint density at radius 1 is 1.06 bits per heavy atom. The molecule has 1 aromatic heterocycles. The standard InChI is InChI=1S/C25H26N4O3/c1-31-27-21-15-22(23-26-24(32-28-23)19-9-5-6-10-19)29(16-21)25(30)20-13-11-18(12-14-20)17-7-3-2-4-8-17/h2-4,7-8,11-14,19,22H,5-6,9-10,15-16H2,1H3. The highest BCUT2D eigenvalue weighted by atomic mass is 16.6. The molecule has 164 valence electrons. The maximum Gasteiger partial charge on any atom is 0.254 e. The Kier molecular flexibility index (Phi) is 5.71. The van der Waals surface area contributed by atoms with Crippen LogP contribution in [0.25, 0.3) is 11.1 Å². The predicted octanol–water partition coefficient (Wildman–Crippen LogP) is 4.98. The van der Waals surface area contributed by atoms with E-state index in [0.29, 0.717) is 36.2 Å². The van der Waals surface area contributed by atoms with Crippen molar-refractivity contribution in [1.29, 1.82) is 0 Å². The monoisotopic (exact) mass is 430 g/mol. The molecule has 1 amide bonds. The van der Waals surface area contributed by atoms with Crippen LogP contribution in [0.1, 0.15) is 66.1 Å². The number of hydrogen-bond acceptors (Lipinski definition) is 6. The molecule has 2 aliphatic rings. The third kappa shape index (κ3) is 4.02. The first-order valence-corrected chi connectivity index (χ1v) is 11.1. The summed E-state index contributed by atoms with van der Waals surface area (Å²) < 4.78 is 5.58. The van der Waals surface area contributed by atoms with Gasteiger partial charge in [0.25, 0.3) is 5.91 Å². The highest BCUT2D eigenvalue weighted by Gasteiger charge is 2.38. The Morgan fingerprint density at radius 3 is 2.50 bits per heavy atom. The number of rotatable bonds is 5. The van der Waals surface area contributed by atoms with Crippen molar-refractivity contribution in [3.05, 3.63) is 71.9 Å². The van der Waals surface area contributed by atoms with Crippen molar-refractivity contribution in [2.75, 3.05) is 13.7 Å². The van der Waals surface area contributed by atoms with E-state index < -0.39 is 0 Å².